The molecule has 6 nitrogen and oxygen atoms in total. The molecule has 0 bridgehead atoms. The third-order valence-corrected chi connectivity index (χ3v) is 2.16. The van der Waals surface area contributed by atoms with E-state index < -0.39 is 12.0 Å². The highest BCUT2D eigenvalue weighted by Crippen LogP contribution is 2.20. The number of carbonyl (C=O) groups excluding carboxylic acids is 1. The van der Waals surface area contributed by atoms with Crippen molar-refractivity contribution in [3.8, 4) is 17.1 Å². The van der Waals surface area contributed by atoms with Gasteiger partial charge >= 0.3 is 6.09 Å². The van der Waals surface area contributed by atoms with Crippen molar-refractivity contribution in [2.45, 2.75) is 6.92 Å². The first kappa shape index (κ1) is 11.9. The van der Waals surface area contributed by atoms with Gasteiger partial charge in [-0.15, -0.1) is 0 Å². The summed E-state index contributed by atoms with van der Waals surface area (Å²) in [6.07, 6.45) is 1.58. The van der Waals surface area contributed by atoms with Crippen molar-refractivity contribution in [3.05, 3.63) is 36.2 Å². The van der Waals surface area contributed by atoms with E-state index in [0.29, 0.717) is 16.8 Å². The molecule has 2 aromatic heterocycles. The molecule has 0 aliphatic carbocycles. The van der Waals surface area contributed by atoms with Crippen molar-refractivity contribution in [2.75, 3.05) is 0 Å². The van der Waals surface area contributed by atoms with Gasteiger partial charge in [0.25, 0.3) is 0 Å². The average molecular weight is 248 g/mol. The number of pyridine rings is 1. The number of nitrogens with two attached hydrogens (primary N) is 1. The van der Waals surface area contributed by atoms with Crippen molar-refractivity contribution in [3.63, 3.8) is 0 Å². The van der Waals surface area contributed by atoms with Crippen molar-refractivity contribution in [1.29, 1.82) is 0 Å². The van der Waals surface area contributed by atoms with Gasteiger partial charge in [0, 0.05) is 23.4 Å². The van der Waals surface area contributed by atoms with Crippen LogP contribution in [0.3, 0.4) is 0 Å². The number of halogens is 1. The molecule has 0 fully saturated rings. The van der Waals surface area contributed by atoms with Crippen LogP contribution in [0.5, 0.6) is 5.88 Å². The van der Waals surface area contributed by atoms with E-state index in [1.807, 2.05) is 0 Å². The van der Waals surface area contributed by atoms with Crippen molar-refractivity contribution in [2.24, 2.45) is 5.73 Å². The predicted molar refractivity (Wildman–Crippen MR) is 60.2 cm³/mol. The Morgan fingerprint density at radius 2 is 2.11 bits per heavy atom. The number of amides is 1. The van der Waals surface area contributed by atoms with Crippen LogP contribution in [0.2, 0.25) is 0 Å². The summed E-state index contributed by atoms with van der Waals surface area (Å²) in [5.74, 6) is -0.518. The fourth-order valence-electron chi connectivity index (χ4n) is 1.35. The SMILES string of the molecule is Cc1cc(-c2cc(OC(N)=O)ncn2)cnc1F. The molecule has 92 valence electrons. The highest BCUT2D eigenvalue weighted by molar-refractivity contribution is 5.68. The van der Waals surface area contributed by atoms with E-state index in [2.05, 4.69) is 19.7 Å². The monoisotopic (exact) mass is 248 g/mol. The summed E-state index contributed by atoms with van der Waals surface area (Å²) < 4.78 is 17.7. The van der Waals surface area contributed by atoms with E-state index in [1.165, 1.54) is 18.6 Å². The number of primary amides is 1. The number of ether oxygens (including phenoxy) is 1. The normalized spacial score (nSPS) is 10.1. The van der Waals surface area contributed by atoms with Crippen LogP contribution in [0.15, 0.2) is 24.7 Å². The second-order valence-corrected chi connectivity index (χ2v) is 3.49. The maximum absolute atomic E-state index is 13.0. The molecular weight excluding hydrogens is 239 g/mol. The van der Waals surface area contributed by atoms with Crippen LogP contribution in [-0.2, 0) is 0 Å². The maximum Gasteiger partial charge on any atom is 0.411 e. The van der Waals surface area contributed by atoms with E-state index >= 15 is 0 Å². The molecule has 0 aromatic carbocycles. The average Bonchev–Trinajstić information content (AvgIpc) is 2.32. The molecule has 1 amide bonds. The molecule has 0 aliphatic rings. The Morgan fingerprint density at radius 1 is 1.33 bits per heavy atom. The van der Waals surface area contributed by atoms with Crippen molar-refractivity contribution < 1.29 is 13.9 Å². The fourth-order valence-corrected chi connectivity index (χ4v) is 1.35. The molecule has 0 saturated heterocycles. The number of hydrogen-bond donors (Lipinski definition) is 1. The fraction of sp³-hybridized carbons (Fsp3) is 0.0909. The molecule has 7 heteroatoms. The summed E-state index contributed by atoms with van der Waals surface area (Å²) in [6, 6.07) is 3.00. The molecular formula is C11H9FN4O2. The topological polar surface area (TPSA) is 91.0 Å². The Balaban J connectivity index is 2.38. The molecule has 2 rings (SSSR count). The van der Waals surface area contributed by atoms with Crippen molar-refractivity contribution in [1.82, 2.24) is 15.0 Å². The van der Waals surface area contributed by atoms with Gasteiger partial charge in [-0.25, -0.2) is 19.7 Å². The van der Waals surface area contributed by atoms with Crippen LogP contribution in [0.4, 0.5) is 9.18 Å². The first-order valence-electron chi connectivity index (χ1n) is 4.98. The molecule has 18 heavy (non-hydrogen) atoms. The van der Waals surface area contributed by atoms with Gasteiger partial charge in [0.15, 0.2) is 0 Å². The molecule has 2 N–H and O–H groups in total. The lowest BCUT2D eigenvalue weighted by molar-refractivity contribution is 0.209. The molecule has 0 saturated carbocycles. The minimum Gasteiger partial charge on any atom is -0.391 e. The van der Waals surface area contributed by atoms with Gasteiger partial charge in [-0.1, -0.05) is 0 Å². The van der Waals surface area contributed by atoms with Gasteiger partial charge in [0.1, 0.15) is 6.33 Å². The summed E-state index contributed by atoms with van der Waals surface area (Å²) in [5.41, 5.74) is 6.31. The van der Waals surface area contributed by atoms with Gasteiger partial charge < -0.3 is 10.5 Å². The molecule has 0 unspecified atom stereocenters. The summed E-state index contributed by atoms with van der Waals surface area (Å²) in [6.45, 7) is 1.59. The predicted octanol–water partition coefficient (Wildman–Crippen LogP) is 1.44. The standard InChI is InChI=1S/C11H9FN4O2/c1-6-2-7(4-14-10(6)12)8-3-9(16-5-15-8)18-11(13)17/h2-5H,1H3,(H2,13,17). The highest BCUT2D eigenvalue weighted by Gasteiger charge is 2.07. The minimum atomic E-state index is -0.965. The number of carbonyl (C=O) groups is 1. The number of aromatic nitrogens is 3. The van der Waals surface area contributed by atoms with Gasteiger partial charge in [0.2, 0.25) is 11.8 Å². The van der Waals surface area contributed by atoms with E-state index in [9.17, 15) is 9.18 Å². The number of aryl methyl sites for hydroxylation is 1. The summed E-state index contributed by atoms with van der Waals surface area (Å²) in [5, 5.41) is 0. The largest absolute Gasteiger partial charge is 0.411 e. The van der Waals surface area contributed by atoms with Crippen LogP contribution in [0, 0.1) is 12.9 Å². The zero-order valence-electron chi connectivity index (χ0n) is 9.42. The van der Waals surface area contributed by atoms with E-state index in [-0.39, 0.29) is 5.88 Å². The van der Waals surface area contributed by atoms with Gasteiger partial charge in [-0.05, 0) is 13.0 Å². The van der Waals surface area contributed by atoms with Crippen molar-refractivity contribution >= 4 is 6.09 Å². The molecule has 2 heterocycles. The van der Waals surface area contributed by atoms with Crippen LogP contribution in [0.1, 0.15) is 5.56 Å². The smallest absolute Gasteiger partial charge is 0.391 e. The van der Waals surface area contributed by atoms with E-state index in [4.69, 9.17) is 5.73 Å². The zero-order chi connectivity index (χ0) is 13.1. The lowest BCUT2D eigenvalue weighted by atomic mass is 10.1. The molecule has 0 spiro atoms. The number of hydrogen-bond acceptors (Lipinski definition) is 5. The molecule has 2 aromatic rings. The Bertz CT molecular complexity index is 603. The van der Waals surface area contributed by atoms with Gasteiger partial charge in [-0.2, -0.15) is 4.39 Å². The second-order valence-electron chi connectivity index (χ2n) is 3.49. The Labute approximate surface area is 102 Å². The minimum absolute atomic E-state index is 0.0227. The van der Waals surface area contributed by atoms with E-state index in [0.717, 1.165) is 0 Å². The Kier molecular flexibility index (Phi) is 3.13. The van der Waals surface area contributed by atoms with Crippen LogP contribution in [0.25, 0.3) is 11.3 Å². The van der Waals surface area contributed by atoms with Crippen LogP contribution >= 0.6 is 0 Å². The Hall–Kier alpha value is -2.57. The van der Waals surface area contributed by atoms with E-state index in [1.54, 1.807) is 13.0 Å². The highest BCUT2D eigenvalue weighted by atomic mass is 19.1. The van der Waals surface area contributed by atoms with Gasteiger partial charge in [0.05, 0.1) is 5.69 Å². The first-order valence-corrected chi connectivity index (χ1v) is 4.98. The molecule has 0 radical (unpaired) electrons. The molecule has 0 atom stereocenters. The maximum atomic E-state index is 13.0. The number of nitrogens with zero attached hydrogens (tertiary/aromatic N) is 3. The zero-order valence-corrected chi connectivity index (χ0v) is 9.42. The molecule has 0 aliphatic heterocycles. The third kappa shape index (κ3) is 2.57. The first-order chi connectivity index (χ1) is 8.56. The summed E-state index contributed by atoms with van der Waals surface area (Å²) in [4.78, 5) is 21.9. The number of rotatable bonds is 2. The van der Waals surface area contributed by atoms with Gasteiger partial charge in [-0.3, -0.25) is 0 Å². The van der Waals surface area contributed by atoms with Crippen LogP contribution in [-0.4, -0.2) is 21.0 Å². The lowest BCUT2D eigenvalue weighted by Gasteiger charge is -2.04. The second kappa shape index (κ2) is 4.74. The van der Waals surface area contributed by atoms with Crippen LogP contribution < -0.4 is 10.5 Å². The Morgan fingerprint density at radius 3 is 2.78 bits per heavy atom. The summed E-state index contributed by atoms with van der Waals surface area (Å²) in [7, 11) is 0. The lowest BCUT2D eigenvalue weighted by Crippen LogP contribution is -2.17. The third-order valence-electron chi connectivity index (χ3n) is 2.16. The quantitative estimate of drug-likeness (QED) is 0.812. The summed E-state index contributed by atoms with van der Waals surface area (Å²) >= 11 is 0.